The molecule has 202 valence electrons. The number of hydrogen-bond donors (Lipinski definition) is 0. The molecular weight excluding hydrogens is 565 g/mol. The van der Waals surface area contributed by atoms with Crippen LogP contribution >= 0.6 is 23.2 Å². The van der Waals surface area contributed by atoms with Gasteiger partial charge in [0.1, 0.15) is 11.5 Å². The van der Waals surface area contributed by atoms with Gasteiger partial charge in [0, 0.05) is 21.2 Å². The van der Waals surface area contributed by atoms with Crippen LogP contribution in [-0.4, -0.2) is 29.0 Å². The second-order valence-corrected chi connectivity index (χ2v) is 11.0. The van der Waals surface area contributed by atoms with Gasteiger partial charge in [-0.3, -0.25) is 19.2 Å². The summed E-state index contributed by atoms with van der Waals surface area (Å²) in [5.74, 6) is -3.85. The molecule has 0 bridgehead atoms. The van der Waals surface area contributed by atoms with E-state index < -0.39 is 46.9 Å². The van der Waals surface area contributed by atoms with Crippen LogP contribution in [-0.2, 0) is 14.3 Å². The van der Waals surface area contributed by atoms with Gasteiger partial charge in [0.05, 0.1) is 23.6 Å². The van der Waals surface area contributed by atoms with Gasteiger partial charge >= 0.3 is 0 Å². The predicted molar refractivity (Wildman–Crippen MR) is 151 cm³/mol. The van der Waals surface area contributed by atoms with E-state index in [4.69, 9.17) is 32.7 Å². The summed E-state index contributed by atoms with van der Waals surface area (Å²) in [7, 11) is 0. The summed E-state index contributed by atoms with van der Waals surface area (Å²) in [5.41, 5.74) is -0.964. The molecule has 0 radical (unpaired) electrons. The van der Waals surface area contributed by atoms with Gasteiger partial charge in [0.15, 0.2) is 0 Å². The SMILES string of the molecule is O=C1[C@H]2[C@@H](c3ccc(Cl)cc3)OC3(C(=O)c4ccccc4C3=O)[C@H]2C(=O)N1c1ccc(Oc2ccc(Cl)cc2)cc1. The number of rotatable bonds is 4. The van der Waals surface area contributed by atoms with Crippen LogP contribution in [0.1, 0.15) is 32.4 Å². The molecule has 41 heavy (non-hydrogen) atoms. The van der Waals surface area contributed by atoms with Crippen molar-refractivity contribution in [3.63, 3.8) is 0 Å². The van der Waals surface area contributed by atoms with Crippen LogP contribution in [0.25, 0.3) is 0 Å². The number of Topliss-reactive ketones (excluding diaryl/α,β-unsaturated/α-hetero) is 2. The van der Waals surface area contributed by atoms with Crippen LogP contribution in [0, 0.1) is 11.8 Å². The Labute approximate surface area is 244 Å². The fourth-order valence-electron chi connectivity index (χ4n) is 6.03. The lowest BCUT2D eigenvalue weighted by Crippen LogP contribution is -2.51. The Morgan fingerprint density at radius 1 is 0.659 bits per heavy atom. The lowest BCUT2D eigenvalue weighted by molar-refractivity contribution is -0.127. The highest BCUT2D eigenvalue weighted by molar-refractivity contribution is 6.37. The maximum absolute atomic E-state index is 14.1. The number of hydrogen-bond acceptors (Lipinski definition) is 6. The molecule has 4 aromatic carbocycles. The Bertz CT molecular complexity index is 1720. The van der Waals surface area contributed by atoms with E-state index in [1.165, 1.54) is 12.1 Å². The van der Waals surface area contributed by atoms with E-state index in [1.807, 2.05) is 0 Å². The van der Waals surface area contributed by atoms with Gasteiger partial charge in [-0.25, -0.2) is 4.90 Å². The first-order chi connectivity index (χ1) is 19.8. The van der Waals surface area contributed by atoms with E-state index in [2.05, 4.69) is 0 Å². The van der Waals surface area contributed by atoms with E-state index in [0.717, 1.165) is 4.90 Å². The van der Waals surface area contributed by atoms with Crippen molar-refractivity contribution < 1.29 is 28.7 Å². The zero-order valence-electron chi connectivity index (χ0n) is 21.1. The van der Waals surface area contributed by atoms with Crippen LogP contribution in [0.4, 0.5) is 5.69 Å². The summed E-state index contributed by atoms with van der Waals surface area (Å²) in [6.07, 6.45) is -1.02. The minimum Gasteiger partial charge on any atom is -0.457 e. The average Bonchev–Trinajstić information content (AvgIpc) is 3.55. The van der Waals surface area contributed by atoms with Gasteiger partial charge in [-0.2, -0.15) is 0 Å². The zero-order valence-corrected chi connectivity index (χ0v) is 22.6. The van der Waals surface area contributed by atoms with Crippen molar-refractivity contribution >= 4 is 52.3 Å². The lowest BCUT2D eigenvalue weighted by Gasteiger charge is -2.27. The summed E-state index contributed by atoms with van der Waals surface area (Å²) in [6.45, 7) is 0. The van der Waals surface area contributed by atoms with Crippen LogP contribution in [0.3, 0.4) is 0 Å². The van der Waals surface area contributed by atoms with Crippen LogP contribution in [0.5, 0.6) is 11.5 Å². The van der Waals surface area contributed by atoms with Crippen LogP contribution in [0.15, 0.2) is 97.1 Å². The Balaban J connectivity index is 1.28. The second kappa shape index (κ2) is 9.38. The van der Waals surface area contributed by atoms with Crippen molar-refractivity contribution in [2.75, 3.05) is 4.90 Å². The third kappa shape index (κ3) is 3.77. The lowest BCUT2D eigenvalue weighted by atomic mass is 9.77. The second-order valence-electron chi connectivity index (χ2n) is 10.1. The first kappa shape index (κ1) is 25.7. The van der Waals surface area contributed by atoms with E-state index >= 15 is 0 Å². The molecule has 1 aliphatic carbocycles. The fourth-order valence-corrected chi connectivity index (χ4v) is 6.28. The van der Waals surface area contributed by atoms with Crippen molar-refractivity contribution in [3.8, 4) is 11.5 Å². The number of nitrogens with zero attached hydrogens (tertiary/aromatic N) is 1. The molecule has 9 heteroatoms. The Hall–Kier alpha value is -4.30. The zero-order chi connectivity index (χ0) is 28.5. The quantitative estimate of drug-likeness (QED) is 0.202. The number of carbonyl (C=O) groups is 4. The Kier molecular flexibility index (Phi) is 5.87. The topological polar surface area (TPSA) is 90.0 Å². The molecule has 0 saturated carbocycles. The highest BCUT2D eigenvalue weighted by atomic mass is 35.5. The Morgan fingerprint density at radius 3 is 1.73 bits per heavy atom. The van der Waals surface area contributed by atoms with Crippen molar-refractivity contribution in [1.82, 2.24) is 0 Å². The van der Waals surface area contributed by atoms with Crippen molar-refractivity contribution in [3.05, 3.63) is 124 Å². The molecule has 0 aromatic heterocycles. The van der Waals surface area contributed by atoms with Crippen molar-refractivity contribution in [2.45, 2.75) is 11.7 Å². The average molecular weight is 584 g/mol. The summed E-state index contributed by atoms with van der Waals surface area (Å²) in [6, 6.07) is 26.2. The molecule has 1 spiro atoms. The van der Waals surface area contributed by atoms with Gasteiger partial charge in [0.25, 0.3) is 0 Å². The third-order valence-corrected chi connectivity index (χ3v) is 8.37. The molecule has 0 unspecified atom stereocenters. The van der Waals surface area contributed by atoms with E-state index in [1.54, 1.807) is 84.9 Å². The molecule has 2 aliphatic heterocycles. The molecule has 7 nitrogen and oxygen atoms in total. The first-order valence-corrected chi connectivity index (χ1v) is 13.6. The number of imide groups is 1. The minimum absolute atomic E-state index is 0.176. The van der Waals surface area contributed by atoms with Gasteiger partial charge in [-0.05, 0) is 66.2 Å². The molecule has 2 fully saturated rings. The van der Waals surface area contributed by atoms with Crippen LogP contribution in [0.2, 0.25) is 10.0 Å². The molecule has 3 aliphatic rings. The number of fused-ring (bicyclic) bond motifs is 3. The van der Waals surface area contributed by atoms with Gasteiger partial charge in [-0.1, -0.05) is 59.6 Å². The van der Waals surface area contributed by atoms with Gasteiger partial charge < -0.3 is 9.47 Å². The van der Waals surface area contributed by atoms with Gasteiger partial charge in [-0.15, -0.1) is 0 Å². The standard InChI is InChI=1S/C32H19Cl2NO6/c33-18-7-5-17(6-8-18)27-25-26(32(41-27)28(36)23-3-1-2-4-24(23)29(32)37)31(39)35(30(25)38)20-11-15-22(16-12-20)40-21-13-9-19(34)10-14-21/h1-16,25-27H/t25-,26-,27-/m1/s1. The number of ketones is 2. The maximum Gasteiger partial charge on any atom is 0.241 e. The minimum atomic E-state index is -2.14. The maximum atomic E-state index is 14.1. The number of anilines is 1. The fraction of sp³-hybridized carbons (Fsp3) is 0.125. The van der Waals surface area contributed by atoms with Crippen LogP contribution < -0.4 is 9.64 Å². The highest BCUT2D eigenvalue weighted by Crippen LogP contribution is 2.57. The largest absolute Gasteiger partial charge is 0.457 e. The van der Waals surface area contributed by atoms with E-state index in [0.29, 0.717) is 32.8 Å². The third-order valence-electron chi connectivity index (χ3n) is 7.86. The summed E-state index contributed by atoms with van der Waals surface area (Å²) in [4.78, 5) is 56.9. The van der Waals surface area contributed by atoms with E-state index in [-0.39, 0.29) is 11.1 Å². The highest BCUT2D eigenvalue weighted by Gasteiger charge is 2.74. The first-order valence-electron chi connectivity index (χ1n) is 12.8. The summed E-state index contributed by atoms with van der Waals surface area (Å²) >= 11 is 12.0. The van der Waals surface area contributed by atoms with E-state index in [9.17, 15) is 19.2 Å². The predicted octanol–water partition coefficient (Wildman–Crippen LogP) is 6.48. The Morgan fingerprint density at radius 2 is 1.17 bits per heavy atom. The van der Waals surface area contributed by atoms with Crippen molar-refractivity contribution in [2.24, 2.45) is 11.8 Å². The number of benzene rings is 4. The molecule has 3 atom stereocenters. The number of carbonyl (C=O) groups excluding carboxylic acids is 4. The molecule has 0 N–H and O–H groups in total. The molecule has 2 heterocycles. The molecule has 4 aromatic rings. The molecular formula is C32H19Cl2NO6. The number of halogens is 2. The van der Waals surface area contributed by atoms with Crippen molar-refractivity contribution in [1.29, 1.82) is 0 Å². The summed E-state index contributed by atoms with van der Waals surface area (Å²) < 4.78 is 12.1. The smallest absolute Gasteiger partial charge is 0.241 e. The monoisotopic (exact) mass is 583 g/mol. The number of ether oxygens (including phenoxy) is 2. The number of amides is 2. The summed E-state index contributed by atoms with van der Waals surface area (Å²) in [5, 5.41) is 1.04. The molecule has 2 saturated heterocycles. The normalized spacial score (nSPS) is 22.4. The molecule has 2 amide bonds. The molecule has 7 rings (SSSR count). The van der Waals surface area contributed by atoms with Gasteiger partial charge in [0.2, 0.25) is 29.0 Å².